The summed E-state index contributed by atoms with van der Waals surface area (Å²) in [6.07, 6.45) is 18.7. The highest BCUT2D eigenvalue weighted by atomic mass is 16.6. The molecule has 72 heavy (non-hydrogen) atoms. The zero-order chi connectivity index (χ0) is 52.6. The Morgan fingerprint density at radius 3 is 1.61 bits per heavy atom. The van der Waals surface area contributed by atoms with E-state index in [1.807, 2.05) is 6.92 Å². The average molecular weight is 1010 g/mol. The van der Waals surface area contributed by atoms with Crippen LogP contribution in [0.5, 0.6) is 0 Å². The summed E-state index contributed by atoms with van der Waals surface area (Å²) in [5.74, 6) is 17.2. The Morgan fingerprint density at radius 2 is 1.11 bits per heavy atom. The van der Waals surface area contributed by atoms with Gasteiger partial charge in [0.1, 0.15) is 54.2 Å². The molecule has 9 atom stereocenters. The van der Waals surface area contributed by atoms with Crippen LogP contribution >= 0.6 is 0 Å². The number of hydrogen-bond acceptors (Lipinski definition) is 18. The minimum Gasteiger partial charge on any atom is -0.396 e. The number of unbranched alkanes of at least 4 members (excludes halogenated alkanes) is 9. The van der Waals surface area contributed by atoms with Gasteiger partial charge in [0.2, 0.25) is 0 Å². The summed E-state index contributed by atoms with van der Waals surface area (Å²) in [7, 11) is 0. The first kappa shape index (κ1) is 58.5. The molecule has 0 bridgehead atoms. The molecule has 3 aliphatic rings. The molecule has 392 valence electrons. The summed E-state index contributed by atoms with van der Waals surface area (Å²) in [5.41, 5.74) is 4.91. The summed E-state index contributed by atoms with van der Waals surface area (Å²) >= 11 is 0. The van der Waals surface area contributed by atoms with E-state index in [1.54, 1.807) is 6.20 Å². The number of nitrogens with zero attached hydrogens (tertiary/aromatic N) is 5. The van der Waals surface area contributed by atoms with Crippen LogP contribution in [0, 0.1) is 55.3 Å². The first-order chi connectivity index (χ1) is 34.7. The Bertz CT molecular complexity index is 2650. The van der Waals surface area contributed by atoms with Crippen LogP contribution in [-0.2, 0) is 14.2 Å². The van der Waals surface area contributed by atoms with E-state index >= 15 is 0 Å². The minimum absolute atomic E-state index is 0.0598. The van der Waals surface area contributed by atoms with E-state index in [2.05, 4.69) is 55.8 Å². The van der Waals surface area contributed by atoms with Crippen LogP contribution in [0.4, 0.5) is 11.6 Å². The number of terminal acetylenes is 2. The van der Waals surface area contributed by atoms with E-state index in [9.17, 15) is 34.5 Å². The number of aliphatic hydroxyl groups is 7. The Balaban J connectivity index is 0.000000234. The van der Waals surface area contributed by atoms with Gasteiger partial charge in [0.05, 0.1) is 43.7 Å². The zero-order valence-electron chi connectivity index (χ0n) is 40.5. The van der Waals surface area contributed by atoms with Gasteiger partial charge in [-0.3, -0.25) is 23.5 Å². The number of aryl methyl sites for hydroxylation is 1. The molecule has 6 rings (SSSR count). The van der Waals surface area contributed by atoms with E-state index in [1.165, 1.54) is 26.1 Å². The number of ether oxygens (including phenoxy) is 3. The maximum atomic E-state index is 12.2. The van der Waals surface area contributed by atoms with Crippen LogP contribution in [0.2, 0.25) is 0 Å². The third-order valence-corrected chi connectivity index (χ3v) is 11.7. The Morgan fingerprint density at radius 1 is 0.653 bits per heavy atom. The predicted molar refractivity (Wildman–Crippen MR) is 265 cm³/mol. The number of anilines is 2. The van der Waals surface area contributed by atoms with E-state index < -0.39 is 77.9 Å². The van der Waals surface area contributed by atoms with Crippen LogP contribution in [0.1, 0.15) is 132 Å². The topological polar surface area (TPSA) is 332 Å². The first-order valence-electron chi connectivity index (χ1n) is 24.1. The number of aliphatic hydroxyl groups excluding tert-OH is 7. The highest BCUT2D eigenvalue weighted by molar-refractivity contribution is 5.49. The quantitative estimate of drug-likeness (QED) is 0.0553. The third-order valence-electron chi connectivity index (χ3n) is 11.7. The van der Waals surface area contributed by atoms with Crippen LogP contribution in [0.15, 0.2) is 37.8 Å². The Kier molecular flexibility index (Phi) is 24.9. The fourth-order valence-electron chi connectivity index (χ4n) is 7.67. The van der Waals surface area contributed by atoms with Crippen molar-refractivity contribution in [1.29, 1.82) is 0 Å². The van der Waals surface area contributed by atoms with Crippen molar-refractivity contribution in [3.63, 3.8) is 0 Å². The van der Waals surface area contributed by atoms with Crippen LogP contribution in [0.25, 0.3) is 0 Å². The summed E-state index contributed by atoms with van der Waals surface area (Å²) < 4.78 is 20.2. The fourth-order valence-corrected chi connectivity index (χ4v) is 7.67. The van der Waals surface area contributed by atoms with Gasteiger partial charge in [0.25, 0.3) is 5.56 Å². The Hall–Kier alpha value is -6.12. The maximum absolute atomic E-state index is 12.2. The second-order valence-corrected chi connectivity index (χ2v) is 17.2. The third kappa shape index (κ3) is 17.6. The van der Waals surface area contributed by atoms with Crippen LogP contribution < -0.4 is 33.7 Å². The number of H-pyrrole nitrogens is 1. The minimum atomic E-state index is -0.871. The molecule has 0 amide bonds. The largest absolute Gasteiger partial charge is 0.396 e. The Labute approximate surface area is 417 Å². The molecule has 22 heteroatoms. The standard InChI is InChI=1S/C17H21N3O4.C17H20N2O5.C16H27N3O5/c1-2-3-4-5-6-7-8-12-10-20(17(23)19-16(12)18)15-9-13(22)14(11-21)24-15;1-2-3-4-5-6-7-8-12-10-19(17(23)18-16(12)22)15-9-13(21)14(11-20)24-15;1-11-9-19(14-8-12(22)13(10-21)24-14)16(23)18-15(11)17-6-4-2-3-5-7-20/h1,10,13-15,21-22H,3-6,9,11H2,(H2,18,19,23);1,10,13-15,20-21H,3-6,9,11H2,(H,18,22,23);9,12-14,20-22H,2-8,10H2,1H3,(H,17,18,23)/t2*13-,14-,15-;12-,13-,14-/m111/s1. The van der Waals surface area contributed by atoms with Gasteiger partial charge in [-0.05, 0) is 45.4 Å². The van der Waals surface area contributed by atoms with Gasteiger partial charge in [-0.15, -0.1) is 24.7 Å². The highest BCUT2D eigenvalue weighted by Crippen LogP contribution is 2.30. The van der Waals surface area contributed by atoms with Crippen molar-refractivity contribution in [3.05, 3.63) is 77.1 Å². The lowest BCUT2D eigenvalue weighted by molar-refractivity contribution is -0.0459. The highest BCUT2D eigenvalue weighted by Gasteiger charge is 2.37. The molecular formula is C50H68N8O14. The number of aromatic nitrogens is 6. The molecule has 3 aliphatic heterocycles. The molecule has 0 radical (unpaired) electrons. The molecule has 3 aromatic rings. The predicted octanol–water partition coefficient (Wildman–Crippen LogP) is -0.109. The van der Waals surface area contributed by atoms with Crippen molar-refractivity contribution >= 4 is 11.6 Å². The average Bonchev–Trinajstić information content (AvgIpc) is 4.06. The molecule has 11 N–H and O–H groups in total. The lowest BCUT2D eigenvalue weighted by Gasteiger charge is -2.16. The monoisotopic (exact) mass is 1000 g/mol. The van der Waals surface area contributed by atoms with Crippen LogP contribution in [-0.4, -0.2) is 134 Å². The smallest absolute Gasteiger partial charge is 0.351 e. The van der Waals surface area contributed by atoms with Crippen molar-refractivity contribution in [3.8, 4) is 48.4 Å². The van der Waals surface area contributed by atoms with E-state index in [-0.39, 0.29) is 57.1 Å². The summed E-state index contributed by atoms with van der Waals surface area (Å²) in [6, 6.07) is 0. The SMILES string of the molecule is C#CCCCCC#Cc1cn([C@H]2C[C@@H](O)[C@@H](CO)O2)c(=O)[nH]c1=O.C#CCCCCC#Cc1cn([C@H]2C[C@@H](O)[C@@H](CO)O2)c(=O)nc1N.Cc1cn([C@H]2C[C@@H](O)[C@@H](CO)O2)c(=O)nc1NCCCCCCO. The molecule has 0 saturated carbocycles. The number of rotatable bonds is 19. The molecule has 22 nitrogen and oxygen atoms in total. The molecule has 3 saturated heterocycles. The first-order valence-corrected chi connectivity index (χ1v) is 24.1. The molecule has 3 aromatic heterocycles. The van der Waals surface area contributed by atoms with E-state index in [4.69, 9.17) is 53.2 Å². The summed E-state index contributed by atoms with van der Waals surface area (Å²) in [4.78, 5) is 58.0. The van der Waals surface area contributed by atoms with Gasteiger partial charge in [-0.1, -0.05) is 36.5 Å². The van der Waals surface area contributed by atoms with Crippen molar-refractivity contribution < 1.29 is 50.0 Å². The number of hydrogen-bond donors (Lipinski definition) is 10. The van der Waals surface area contributed by atoms with Crippen molar-refractivity contribution in [2.24, 2.45) is 0 Å². The zero-order valence-corrected chi connectivity index (χ0v) is 40.5. The van der Waals surface area contributed by atoms with E-state index in [0.29, 0.717) is 37.2 Å². The van der Waals surface area contributed by atoms with Gasteiger partial charge < -0.3 is 61.0 Å². The van der Waals surface area contributed by atoms with Crippen molar-refractivity contribution in [1.82, 2.24) is 28.7 Å². The number of nitrogens with two attached hydrogens (primary N) is 1. The molecule has 0 aromatic carbocycles. The van der Waals surface area contributed by atoms with Crippen LogP contribution in [0.3, 0.4) is 0 Å². The second-order valence-electron chi connectivity index (χ2n) is 17.2. The molecule has 3 fully saturated rings. The summed E-state index contributed by atoms with van der Waals surface area (Å²) in [6.45, 7) is 1.84. The molecular weight excluding hydrogens is 937 g/mol. The van der Waals surface area contributed by atoms with Crippen molar-refractivity contribution in [2.75, 3.05) is 44.0 Å². The molecule has 0 aliphatic carbocycles. The second kappa shape index (κ2) is 30.7. The van der Waals surface area contributed by atoms with E-state index in [0.717, 1.165) is 63.4 Å². The van der Waals surface area contributed by atoms with Gasteiger partial charge >= 0.3 is 17.1 Å². The number of nitrogen functional groups attached to an aromatic ring is 1. The van der Waals surface area contributed by atoms with Gasteiger partial charge in [0.15, 0.2) is 0 Å². The lowest BCUT2D eigenvalue weighted by atomic mass is 10.2. The molecule has 6 heterocycles. The van der Waals surface area contributed by atoms with Gasteiger partial charge in [0, 0.05) is 82.3 Å². The van der Waals surface area contributed by atoms with Gasteiger partial charge in [-0.25, -0.2) is 14.4 Å². The summed E-state index contributed by atoms with van der Waals surface area (Å²) in [5, 5.41) is 68.6. The van der Waals surface area contributed by atoms with Crippen molar-refractivity contribution in [2.45, 2.75) is 159 Å². The lowest BCUT2D eigenvalue weighted by Crippen LogP contribution is -2.33. The maximum Gasteiger partial charge on any atom is 0.351 e. The fraction of sp³-hybridized carbons (Fsp3) is 0.600. The van der Waals surface area contributed by atoms with Gasteiger partial charge in [-0.2, -0.15) is 9.97 Å². The molecule has 0 unspecified atom stereocenters. The number of aromatic amines is 1. The normalized spacial score (nSPS) is 22.9. The molecule has 0 spiro atoms. The number of nitrogens with one attached hydrogen (secondary N) is 2.